The van der Waals surface area contributed by atoms with Crippen molar-refractivity contribution < 1.29 is 14.4 Å². The molecule has 0 radical (unpaired) electrons. The first kappa shape index (κ1) is 11.1. The minimum atomic E-state index is -0.856. The molecule has 1 aromatic rings. The minimum absolute atomic E-state index is 0.150. The molecule has 1 aromatic heterocycles. The van der Waals surface area contributed by atoms with E-state index in [-0.39, 0.29) is 13.1 Å². The summed E-state index contributed by atoms with van der Waals surface area (Å²) in [6.07, 6.45) is 0. The van der Waals surface area contributed by atoms with Crippen molar-refractivity contribution in [3.05, 3.63) is 22.4 Å². The molecule has 5 nitrogen and oxygen atoms in total. The van der Waals surface area contributed by atoms with Crippen molar-refractivity contribution in [1.82, 2.24) is 9.80 Å². The van der Waals surface area contributed by atoms with Crippen LogP contribution in [0.15, 0.2) is 16.8 Å². The van der Waals surface area contributed by atoms with E-state index in [4.69, 9.17) is 11.6 Å². The molecule has 1 aliphatic heterocycles. The second-order valence-corrected chi connectivity index (χ2v) is 4.26. The van der Waals surface area contributed by atoms with Gasteiger partial charge in [-0.15, -0.1) is 0 Å². The lowest BCUT2D eigenvalue weighted by atomic mass is 10.3. The van der Waals surface area contributed by atoms with Gasteiger partial charge in [0, 0.05) is 18.5 Å². The van der Waals surface area contributed by atoms with E-state index < -0.39 is 17.3 Å². The number of amides is 4. The third-order valence-electron chi connectivity index (χ3n) is 2.23. The highest BCUT2D eigenvalue weighted by atomic mass is 35.5. The summed E-state index contributed by atoms with van der Waals surface area (Å²) >= 11 is 6.57. The molecule has 0 spiro atoms. The van der Waals surface area contributed by atoms with E-state index in [0.717, 1.165) is 9.80 Å². The van der Waals surface area contributed by atoms with Crippen molar-refractivity contribution >= 4 is 40.2 Å². The first-order valence-corrected chi connectivity index (χ1v) is 5.78. The number of urea groups is 1. The van der Waals surface area contributed by atoms with Gasteiger partial charge in [-0.25, -0.2) is 9.69 Å². The molecule has 1 fully saturated rings. The van der Waals surface area contributed by atoms with Crippen molar-refractivity contribution in [2.45, 2.75) is 0 Å². The van der Waals surface area contributed by atoms with Crippen LogP contribution >= 0.6 is 22.9 Å². The van der Waals surface area contributed by atoms with E-state index in [1.807, 2.05) is 0 Å². The number of nitrogens with zero attached hydrogens (tertiary/aromatic N) is 2. The Kier molecular flexibility index (Phi) is 2.93. The van der Waals surface area contributed by atoms with E-state index in [1.54, 1.807) is 16.8 Å². The van der Waals surface area contributed by atoms with Crippen molar-refractivity contribution in [1.29, 1.82) is 0 Å². The van der Waals surface area contributed by atoms with Crippen LogP contribution < -0.4 is 0 Å². The zero-order chi connectivity index (χ0) is 11.7. The fourth-order valence-corrected chi connectivity index (χ4v) is 2.22. The molecular weight excluding hydrogens is 252 g/mol. The van der Waals surface area contributed by atoms with Gasteiger partial charge in [-0.3, -0.25) is 14.5 Å². The Balaban J connectivity index is 2.16. The number of hydrogen-bond donors (Lipinski definition) is 0. The van der Waals surface area contributed by atoms with Gasteiger partial charge in [0.05, 0.1) is 5.56 Å². The zero-order valence-corrected chi connectivity index (χ0v) is 9.62. The molecule has 16 heavy (non-hydrogen) atoms. The van der Waals surface area contributed by atoms with Gasteiger partial charge in [0.25, 0.3) is 5.91 Å². The summed E-state index contributed by atoms with van der Waals surface area (Å²) in [5.74, 6) is -0.397. The molecular formula is C9H7ClN2O3S. The number of carbonyl (C=O) groups is 3. The molecule has 7 heteroatoms. The number of hydrogen-bond acceptors (Lipinski definition) is 4. The Morgan fingerprint density at radius 3 is 2.50 bits per heavy atom. The molecule has 0 aromatic carbocycles. The zero-order valence-electron chi connectivity index (χ0n) is 8.05. The highest BCUT2D eigenvalue weighted by molar-refractivity contribution is 7.08. The van der Waals surface area contributed by atoms with Crippen molar-refractivity contribution in [2.75, 3.05) is 13.1 Å². The first-order valence-electron chi connectivity index (χ1n) is 4.46. The third-order valence-corrected chi connectivity index (χ3v) is 3.12. The minimum Gasteiger partial charge on any atom is -0.269 e. The molecule has 0 bridgehead atoms. The predicted octanol–water partition coefficient (Wildman–Crippen LogP) is 1.98. The second-order valence-electron chi connectivity index (χ2n) is 3.16. The van der Waals surface area contributed by atoms with Crippen LogP contribution in [0.2, 0.25) is 0 Å². The topological polar surface area (TPSA) is 57.7 Å². The van der Waals surface area contributed by atoms with E-state index in [0.29, 0.717) is 5.56 Å². The number of imide groups is 2. The van der Waals surface area contributed by atoms with E-state index in [1.165, 1.54) is 11.3 Å². The van der Waals surface area contributed by atoms with Crippen LogP contribution in [-0.4, -0.2) is 40.2 Å². The van der Waals surface area contributed by atoms with Gasteiger partial charge in [-0.2, -0.15) is 11.3 Å². The molecule has 0 unspecified atom stereocenters. The van der Waals surface area contributed by atoms with Crippen LogP contribution in [0.4, 0.5) is 9.59 Å². The number of rotatable bonds is 1. The molecule has 1 saturated heterocycles. The Labute approximate surface area is 100 Å². The summed E-state index contributed by atoms with van der Waals surface area (Å²) in [5, 5.41) is 2.55. The second kappa shape index (κ2) is 4.23. The Bertz CT molecular complexity index is 446. The quantitative estimate of drug-likeness (QED) is 0.572. The van der Waals surface area contributed by atoms with Crippen LogP contribution in [0.25, 0.3) is 0 Å². The predicted molar refractivity (Wildman–Crippen MR) is 58.7 cm³/mol. The first-order chi connectivity index (χ1) is 7.61. The molecule has 0 saturated carbocycles. The largest absolute Gasteiger partial charge is 0.334 e. The van der Waals surface area contributed by atoms with Gasteiger partial charge in [-0.05, 0) is 23.0 Å². The van der Waals surface area contributed by atoms with E-state index >= 15 is 0 Å². The lowest BCUT2D eigenvalue weighted by Crippen LogP contribution is -2.37. The van der Waals surface area contributed by atoms with Gasteiger partial charge < -0.3 is 0 Å². The van der Waals surface area contributed by atoms with Gasteiger partial charge in [0.2, 0.25) is 0 Å². The fourth-order valence-electron chi connectivity index (χ4n) is 1.43. The van der Waals surface area contributed by atoms with Crippen molar-refractivity contribution in [2.24, 2.45) is 0 Å². The van der Waals surface area contributed by atoms with E-state index in [9.17, 15) is 14.4 Å². The summed E-state index contributed by atoms with van der Waals surface area (Å²) in [6, 6.07) is 0.974. The molecule has 4 amide bonds. The average Bonchev–Trinajstić information content (AvgIpc) is 2.84. The number of thiophene rings is 1. The van der Waals surface area contributed by atoms with E-state index in [2.05, 4.69) is 0 Å². The van der Waals surface area contributed by atoms with Gasteiger partial charge in [0.15, 0.2) is 0 Å². The lowest BCUT2D eigenvalue weighted by Gasteiger charge is -2.13. The Morgan fingerprint density at radius 2 is 2.00 bits per heavy atom. The molecule has 1 aliphatic rings. The lowest BCUT2D eigenvalue weighted by molar-refractivity contribution is 0.0826. The number of halogens is 1. The molecule has 2 heterocycles. The summed E-state index contributed by atoms with van der Waals surface area (Å²) in [5.41, 5.74) is 0.447. The smallest absolute Gasteiger partial charge is 0.269 e. The summed E-state index contributed by atoms with van der Waals surface area (Å²) in [6.45, 7) is 0.336. The van der Waals surface area contributed by atoms with Crippen LogP contribution in [0.5, 0.6) is 0 Å². The Morgan fingerprint density at radius 1 is 1.31 bits per heavy atom. The standard InChI is InChI=1S/C9H7ClN2O3S/c10-8(14)12-3-2-11(9(12)15)7(13)6-1-4-16-5-6/h1,4-5H,2-3H2. The molecule has 0 aliphatic carbocycles. The maximum absolute atomic E-state index is 11.8. The maximum Gasteiger partial charge on any atom is 0.334 e. The SMILES string of the molecule is O=C(Cl)N1CCN(C(=O)c2ccsc2)C1=O. The van der Waals surface area contributed by atoms with Gasteiger partial charge >= 0.3 is 11.4 Å². The number of carbonyl (C=O) groups excluding carboxylic acids is 3. The summed E-state index contributed by atoms with van der Waals surface area (Å²) in [4.78, 5) is 36.1. The van der Waals surface area contributed by atoms with Crippen LogP contribution in [-0.2, 0) is 0 Å². The van der Waals surface area contributed by atoms with Gasteiger partial charge in [-0.1, -0.05) is 0 Å². The third kappa shape index (κ3) is 1.81. The monoisotopic (exact) mass is 258 g/mol. The van der Waals surface area contributed by atoms with Crippen LogP contribution in [0, 0.1) is 0 Å². The molecule has 0 atom stereocenters. The summed E-state index contributed by atoms with van der Waals surface area (Å²) in [7, 11) is 0. The molecule has 0 N–H and O–H groups in total. The Hall–Kier alpha value is -1.40. The fraction of sp³-hybridized carbons (Fsp3) is 0.222. The van der Waals surface area contributed by atoms with Crippen molar-refractivity contribution in [3.8, 4) is 0 Å². The van der Waals surface area contributed by atoms with Crippen molar-refractivity contribution in [3.63, 3.8) is 0 Å². The molecule has 84 valence electrons. The average molecular weight is 259 g/mol. The maximum atomic E-state index is 11.8. The van der Waals surface area contributed by atoms with Crippen LogP contribution in [0.1, 0.15) is 10.4 Å². The van der Waals surface area contributed by atoms with Gasteiger partial charge in [0.1, 0.15) is 0 Å². The summed E-state index contributed by atoms with van der Waals surface area (Å²) < 4.78 is 0. The highest BCUT2D eigenvalue weighted by Gasteiger charge is 2.36. The normalized spacial score (nSPS) is 15.7. The highest BCUT2D eigenvalue weighted by Crippen LogP contribution is 2.16. The molecule has 2 rings (SSSR count). The van der Waals surface area contributed by atoms with Crippen LogP contribution in [0.3, 0.4) is 0 Å².